The Labute approximate surface area is 117 Å². The highest BCUT2D eigenvalue weighted by molar-refractivity contribution is 4.99. The molecule has 1 N–H and O–H groups in total. The number of rotatable bonds is 7. The summed E-state index contributed by atoms with van der Waals surface area (Å²) in [6.45, 7) is 12.8. The van der Waals surface area contributed by atoms with E-state index in [-0.39, 0.29) is 17.6 Å². The quantitative estimate of drug-likeness (QED) is 0.825. The molecule has 4 heteroatoms. The molecular weight excluding hydrogens is 238 g/mol. The van der Waals surface area contributed by atoms with Gasteiger partial charge in [0.15, 0.2) is 0 Å². The summed E-state index contributed by atoms with van der Waals surface area (Å²) < 4.78 is 7.95. The second kappa shape index (κ2) is 7.06. The van der Waals surface area contributed by atoms with Crippen molar-refractivity contribution in [3.8, 4) is 0 Å². The standard InChI is InChI=1S/C15H29N3O/c1-7-16-12(14(19-6)15(3,4)5)11-13-17-9-10-18(13)8-2/h9-10,12,14,16H,7-8,11H2,1-6H3. The van der Waals surface area contributed by atoms with Crippen LogP contribution in [-0.2, 0) is 17.7 Å². The molecule has 0 saturated carbocycles. The molecule has 2 atom stereocenters. The first-order chi connectivity index (χ1) is 8.93. The van der Waals surface area contributed by atoms with E-state index in [4.69, 9.17) is 4.74 Å². The average molecular weight is 267 g/mol. The Hall–Kier alpha value is -0.870. The maximum absolute atomic E-state index is 5.75. The molecule has 0 bridgehead atoms. The van der Waals surface area contributed by atoms with E-state index >= 15 is 0 Å². The van der Waals surface area contributed by atoms with E-state index in [9.17, 15) is 0 Å². The van der Waals surface area contributed by atoms with Crippen LogP contribution in [0.2, 0.25) is 0 Å². The second-order valence-electron chi connectivity index (χ2n) is 6.02. The van der Waals surface area contributed by atoms with Crippen LogP contribution in [0.25, 0.3) is 0 Å². The van der Waals surface area contributed by atoms with Crippen LogP contribution in [0.5, 0.6) is 0 Å². The van der Waals surface area contributed by atoms with E-state index < -0.39 is 0 Å². The molecule has 0 aromatic carbocycles. The normalized spacial score (nSPS) is 15.5. The Morgan fingerprint density at radius 1 is 1.37 bits per heavy atom. The van der Waals surface area contributed by atoms with Crippen molar-refractivity contribution >= 4 is 0 Å². The van der Waals surface area contributed by atoms with Crippen LogP contribution >= 0.6 is 0 Å². The zero-order valence-corrected chi connectivity index (χ0v) is 13.2. The number of aromatic nitrogens is 2. The van der Waals surface area contributed by atoms with Gasteiger partial charge in [0.05, 0.1) is 6.10 Å². The Bertz CT molecular complexity index is 368. The maximum atomic E-state index is 5.75. The molecule has 1 aromatic heterocycles. The van der Waals surface area contributed by atoms with Crippen molar-refractivity contribution in [3.63, 3.8) is 0 Å². The number of hydrogen-bond acceptors (Lipinski definition) is 3. The number of methoxy groups -OCH3 is 1. The molecule has 0 aliphatic carbocycles. The topological polar surface area (TPSA) is 39.1 Å². The van der Waals surface area contributed by atoms with Gasteiger partial charge in [-0.25, -0.2) is 4.98 Å². The van der Waals surface area contributed by atoms with Crippen molar-refractivity contribution < 1.29 is 4.74 Å². The predicted octanol–water partition coefficient (Wildman–Crippen LogP) is 2.48. The minimum absolute atomic E-state index is 0.102. The van der Waals surface area contributed by atoms with Crippen LogP contribution in [0, 0.1) is 5.41 Å². The fraction of sp³-hybridized carbons (Fsp3) is 0.800. The lowest BCUT2D eigenvalue weighted by molar-refractivity contribution is -0.0112. The minimum Gasteiger partial charge on any atom is -0.379 e. The molecule has 4 nitrogen and oxygen atoms in total. The summed E-state index contributed by atoms with van der Waals surface area (Å²) >= 11 is 0. The van der Waals surface area contributed by atoms with Gasteiger partial charge < -0.3 is 14.6 Å². The third kappa shape index (κ3) is 4.32. The second-order valence-corrected chi connectivity index (χ2v) is 6.02. The smallest absolute Gasteiger partial charge is 0.110 e. The predicted molar refractivity (Wildman–Crippen MR) is 79.3 cm³/mol. The first-order valence-corrected chi connectivity index (χ1v) is 7.20. The molecule has 0 aliphatic rings. The Morgan fingerprint density at radius 3 is 2.53 bits per heavy atom. The molecule has 1 rings (SSSR count). The van der Waals surface area contributed by atoms with E-state index in [2.05, 4.69) is 49.5 Å². The van der Waals surface area contributed by atoms with Crippen molar-refractivity contribution in [1.29, 1.82) is 0 Å². The van der Waals surface area contributed by atoms with Crippen LogP contribution in [0.15, 0.2) is 12.4 Å². The van der Waals surface area contributed by atoms with Crippen molar-refractivity contribution in [2.45, 2.75) is 59.7 Å². The van der Waals surface area contributed by atoms with Gasteiger partial charge in [-0.15, -0.1) is 0 Å². The molecule has 0 aliphatic heterocycles. The molecule has 0 saturated heterocycles. The van der Waals surface area contributed by atoms with Gasteiger partial charge in [-0.1, -0.05) is 27.7 Å². The molecule has 19 heavy (non-hydrogen) atoms. The minimum atomic E-state index is 0.102. The molecular formula is C15H29N3O. The molecule has 1 aromatic rings. The third-order valence-electron chi connectivity index (χ3n) is 3.48. The number of likely N-dealkylation sites (N-methyl/N-ethyl adjacent to an activating group) is 1. The van der Waals surface area contributed by atoms with E-state index in [0.717, 1.165) is 25.3 Å². The Balaban J connectivity index is 2.88. The number of hydrogen-bond donors (Lipinski definition) is 1. The van der Waals surface area contributed by atoms with Crippen LogP contribution in [-0.4, -0.2) is 35.4 Å². The van der Waals surface area contributed by atoms with Gasteiger partial charge in [0.2, 0.25) is 0 Å². The van der Waals surface area contributed by atoms with Crippen molar-refractivity contribution in [2.24, 2.45) is 5.41 Å². The van der Waals surface area contributed by atoms with E-state index in [1.165, 1.54) is 0 Å². The van der Waals surface area contributed by atoms with Gasteiger partial charge in [0.25, 0.3) is 0 Å². The summed E-state index contributed by atoms with van der Waals surface area (Å²) in [5, 5.41) is 3.55. The SMILES string of the molecule is CCNC(Cc1nccn1CC)C(OC)C(C)(C)C. The molecule has 2 unspecified atom stereocenters. The Kier molecular flexibility index (Phi) is 6.01. The zero-order chi connectivity index (χ0) is 14.5. The molecule has 0 radical (unpaired) electrons. The number of nitrogens with one attached hydrogen (secondary N) is 1. The monoisotopic (exact) mass is 267 g/mol. The van der Waals surface area contributed by atoms with E-state index in [1.807, 2.05) is 12.4 Å². The van der Waals surface area contributed by atoms with Crippen molar-refractivity contribution in [3.05, 3.63) is 18.2 Å². The highest BCUT2D eigenvalue weighted by Gasteiger charge is 2.32. The Morgan fingerprint density at radius 2 is 2.05 bits per heavy atom. The van der Waals surface area contributed by atoms with Gasteiger partial charge in [-0.05, 0) is 18.9 Å². The molecule has 0 amide bonds. The highest BCUT2D eigenvalue weighted by atomic mass is 16.5. The fourth-order valence-corrected chi connectivity index (χ4v) is 2.68. The van der Waals surface area contributed by atoms with Gasteiger partial charge in [-0.2, -0.15) is 0 Å². The van der Waals surface area contributed by atoms with Crippen molar-refractivity contribution in [2.75, 3.05) is 13.7 Å². The summed E-state index contributed by atoms with van der Waals surface area (Å²) in [5.74, 6) is 1.12. The first kappa shape index (κ1) is 16.2. The van der Waals surface area contributed by atoms with E-state index in [1.54, 1.807) is 7.11 Å². The van der Waals surface area contributed by atoms with Gasteiger partial charge in [0.1, 0.15) is 5.82 Å². The average Bonchev–Trinajstić information content (AvgIpc) is 2.75. The first-order valence-electron chi connectivity index (χ1n) is 7.20. The fourth-order valence-electron chi connectivity index (χ4n) is 2.68. The summed E-state index contributed by atoms with van der Waals surface area (Å²) in [7, 11) is 1.80. The lowest BCUT2D eigenvalue weighted by atomic mass is 9.83. The van der Waals surface area contributed by atoms with Crippen molar-refractivity contribution in [1.82, 2.24) is 14.9 Å². The molecule has 1 heterocycles. The molecule has 0 fully saturated rings. The lowest BCUT2D eigenvalue weighted by Gasteiger charge is -2.36. The third-order valence-corrected chi connectivity index (χ3v) is 3.48. The number of imidazole rings is 1. The van der Waals surface area contributed by atoms with Gasteiger partial charge in [0, 0.05) is 38.5 Å². The lowest BCUT2D eigenvalue weighted by Crippen LogP contribution is -2.49. The van der Waals surface area contributed by atoms with Crippen LogP contribution in [0.3, 0.4) is 0 Å². The number of aryl methyl sites for hydroxylation is 1. The van der Waals surface area contributed by atoms with Crippen LogP contribution < -0.4 is 5.32 Å². The maximum Gasteiger partial charge on any atom is 0.110 e. The van der Waals surface area contributed by atoms with Gasteiger partial charge in [-0.3, -0.25) is 0 Å². The summed E-state index contributed by atoms with van der Waals surface area (Å²) in [4.78, 5) is 4.48. The molecule has 110 valence electrons. The zero-order valence-electron chi connectivity index (χ0n) is 13.2. The largest absolute Gasteiger partial charge is 0.379 e. The van der Waals surface area contributed by atoms with Crippen LogP contribution in [0.1, 0.15) is 40.4 Å². The number of nitrogens with zero attached hydrogens (tertiary/aromatic N) is 2. The van der Waals surface area contributed by atoms with E-state index in [0.29, 0.717) is 0 Å². The summed E-state index contributed by atoms with van der Waals surface area (Å²) in [5.41, 5.74) is 0.102. The number of ether oxygens (including phenoxy) is 1. The van der Waals surface area contributed by atoms with Gasteiger partial charge >= 0.3 is 0 Å². The molecule has 0 spiro atoms. The highest BCUT2D eigenvalue weighted by Crippen LogP contribution is 2.26. The summed E-state index contributed by atoms with van der Waals surface area (Å²) in [6.07, 6.45) is 4.97. The van der Waals surface area contributed by atoms with Crippen LogP contribution in [0.4, 0.5) is 0 Å². The summed E-state index contributed by atoms with van der Waals surface area (Å²) in [6, 6.07) is 0.280.